The van der Waals surface area contributed by atoms with Crippen LogP contribution in [0.1, 0.15) is 47.5 Å². The van der Waals surface area contributed by atoms with Crippen molar-refractivity contribution in [3.8, 4) is 0 Å². The Hall–Kier alpha value is -1.33. The van der Waals surface area contributed by atoms with Gasteiger partial charge in [-0.3, -0.25) is 0 Å². The van der Waals surface area contributed by atoms with Crippen LogP contribution in [0.3, 0.4) is 0 Å². The molecule has 1 heterocycles. The molecule has 0 amide bonds. The Kier molecular flexibility index (Phi) is 3.73. The third-order valence-electron chi connectivity index (χ3n) is 2.91. The van der Waals surface area contributed by atoms with Crippen LogP contribution in [0.5, 0.6) is 0 Å². The predicted octanol–water partition coefficient (Wildman–Crippen LogP) is 3.16. The summed E-state index contributed by atoms with van der Waals surface area (Å²) in [6.45, 7) is 5.85. The fraction of sp³-hybridized carbons (Fsp3) is 0.385. The summed E-state index contributed by atoms with van der Waals surface area (Å²) in [6.07, 6.45) is 0. The smallest absolute Gasteiger partial charge is 0.126 e. The average molecular weight is 265 g/mol. The van der Waals surface area contributed by atoms with Crippen molar-refractivity contribution in [1.29, 1.82) is 0 Å². The fourth-order valence-corrected chi connectivity index (χ4v) is 2.67. The first-order valence-electron chi connectivity index (χ1n) is 5.84. The van der Waals surface area contributed by atoms with Crippen molar-refractivity contribution in [3.63, 3.8) is 0 Å². The second-order valence-electron chi connectivity index (χ2n) is 4.66. The summed E-state index contributed by atoms with van der Waals surface area (Å²) in [5.41, 5.74) is 8.65. The van der Waals surface area contributed by atoms with Crippen LogP contribution in [0.15, 0.2) is 18.2 Å². The van der Waals surface area contributed by atoms with Gasteiger partial charge in [0.15, 0.2) is 0 Å². The number of rotatable bonds is 3. The molecule has 1 unspecified atom stereocenters. The zero-order chi connectivity index (χ0) is 13.3. The first-order chi connectivity index (χ1) is 8.50. The highest BCUT2D eigenvalue weighted by molar-refractivity contribution is 7.05. The summed E-state index contributed by atoms with van der Waals surface area (Å²) >= 11 is 1.31. The Morgan fingerprint density at radius 2 is 2.06 bits per heavy atom. The Morgan fingerprint density at radius 1 is 1.33 bits per heavy atom. The third kappa shape index (κ3) is 2.42. The van der Waals surface area contributed by atoms with Gasteiger partial charge in [-0.05, 0) is 41.6 Å². The zero-order valence-electron chi connectivity index (χ0n) is 10.6. The summed E-state index contributed by atoms with van der Waals surface area (Å²) in [5.74, 6) is 0.0730. The molecule has 96 valence electrons. The molecule has 1 aromatic carbocycles. The van der Waals surface area contributed by atoms with Crippen LogP contribution < -0.4 is 5.73 Å². The van der Waals surface area contributed by atoms with Crippen molar-refractivity contribution in [2.24, 2.45) is 5.73 Å². The van der Waals surface area contributed by atoms with E-state index in [0.29, 0.717) is 5.56 Å². The van der Waals surface area contributed by atoms with Gasteiger partial charge in [0.2, 0.25) is 0 Å². The Labute approximate surface area is 110 Å². The van der Waals surface area contributed by atoms with Crippen LogP contribution in [0.25, 0.3) is 0 Å². The van der Waals surface area contributed by atoms with Gasteiger partial charge in [0.05, 0.1) is 16.6 Å². The summed E-state index contributed by atoms with van der Waals surface area (Å²) < 4.78 is 17.2. The third-order valence-corrected chi connectivity index (χ3v) is 3.73. The SMILES string of the molecule is Cc1cc(C(N)c2snnc2C(C)C)ccc1F. The number of hydrogen-bond acceptors (Lipinski definition) is 4. The largest absolute Gasteiger partial charge is 0.320 e. The maximum atomic E-state index is 13.2. The van der Waals surface area contributed by atoms with E-state index in [9.17, 15) is 4.39 Å². The van der Waals surface area contributed by atoms with E-state index in [4.69, 9.17) is 5.73 Å². The minimum Gasteiger partial charge on any atom is -0.320 e. The monoisotopic (exact) mass is 265 g/mol. The Morgan fingerprint density at radius 3 is 2.67 bits per heavy atom. The van der Waals surface area contributed by atoms with E-state index in [-0.39, 0.29) is 17.8 Å². The van der Waals surface area contributed by atoms with Crippen molar-refractivity contribution in [1.82, 2.24) is 9.59 Å². The molecule has 0 aliphatic rings. The van der Waals surface area contributed by atoms with Crippen LogP contribution in [-0.4, -0.2) is 9.59 Å². The summed E-state index contributed by atoms with van der Waals surface area (Å²) in [4.78, 5) is 0.955. The van der Waals surface area contributed by atoms with E-state index >= 15 is 0 Å². The number of benzene rings is 1. The van der Waals surface area contributed by atoms with Gasteiger partial charge in [0, 0.05) is 0 Å². The molecule has 0 spiro atoms. The number of hydrogen-bond donors (Lipinski definition) is 1. The Bertz CT molecular complexity index is 551. The van der Waals surface area contributed by atoms with Crippen LogP contribution in [0, 0.1) is 12.7 Å². The van der Waals surface area contributed by atoms with Crippen molar-refractivity contribution < 1.29 is 4.39 Å². The number of aryl methyl sites for hydroxylation is 1. The van der Waals surface area contributed by atoms with Gasteiger partial charge in [-0.15, -0.1) is 5.10 Å². The first-order valence-corrected chi connectivity index (χ1v) is 6.61. The molecule has 0 aliphatic carbocycles. The number of halogens is 1. The number of aromatic nitrogens is 2. The summed E-state index contributed by atoms with van der Waals surface area (Å²) in [6, 6.07) is 4.66. The van der Waals surface area contributed by atoms with E-state index in [0.717, 1.165) is 16.1 Å². The quantitative estimate of drug-likeness (QED) is 0.927. The van der Waals surface area contributed by atoms with Crippen LogP contribution in [0.4, 0.5) is 4.39 Å². The lowest BCUT2D eigenvalue weighted by atomic mass is 9.99. The number of nitrogens with two attached hydrogens (primary N) is 1. The maximum Gasteiger partial charge on any atom is 0.126 e. The molecule has 18 heavy (non-hydrogen) atoms. The highest BCUT2D eigenvalue weighted by atomic mass is 32.1. The Balaban J connectivity index is 2.38. The second kappa shape index (κ2) is 5.12. The van der Waals surface area contributed by atoms with Crippen LogP contribution in [0.2, 0.25) is 0 Å². The molecule has 3 nitrogen and oxygen atoms in total. The molecule has 5 heteroatoms. The zero-order valence-corrected chi connectivity index (χ0v) is 11.5. The molecule has 0 radical (unpaired) electrons. The second-order valence-corrected chi connectivity index (χ2v) is 5.45. The van der Waals surface area contributed by atoms with E-state index in [2.05, 4.69) is 23.4 Å². The molecule has 0 saturated carbocycles. The topological polar surface area (TPSA) is 51.8 Å². The molecule has 0 aliphatic heterocycles. The van der Waals surface area contributed by atoms with Gasteiger partial charge in [-0.1, -0.05) is 30.5 Å². The van der Waals surface area contributed by atoms with Gasteiger partial charge in [0.1, 0.15) is 5.82 Å². The molecule has 0 saturated heterocycles. The van der Waals surface area contributed by atoms with E-state index in [1.54, 1.807) is 19.1 Å². The molecule has 2 N–H and O–H groups in total. The highest BCUT2D eigenvalue weighted by Gasteiger charge is 2.19. The van der Waals surface area contributed by atoms with Crippen molar-refractivity contribution in [2.45, 2.75) is 32.7 Å². The van der Waals surface area contributed by atoms with Crippen LogP contribution >= 0.6 is 11.5 Å². The molecular weight excluding hydrogens is 249 g/mol. The molecule has 0 fully saturated rings. The number of nitrogens with zero attached hydrogens (tertiary/aromatic N) is 2. The van der Waals surface area contributed by atoms with E-state index in [1.807, 2.05) is 0 Å². The minimum atomic E-state index is -0.290. The van der Waals surface area contributed by atoms with Crippen molar-refractivity contribution in [3.05, 3.63) is 45.7 Å². The average Bonchev–Trinajstić information content (AvgIpc) is 2.81. The first kappa shape index (κ1) is 13.1. The molecule has 1 atom stereocenters. The lowest BCUT2D eigenvalue weighted by Crippen LogP contribution is -2.13. The normalized spacial score (nSPS) is 13.0. The molecular formula is C13H16FN3S. The molecule has 2 aromatic rings. The van der Waals surface area contributed by atoms with Gasteiger partial charge in [-0.2, -0.15) is 0 Å². The maximum absolute atomic E-state index is 13.2. The lowest BCUT2D eigenvalue weighted by Gasteiger charge is -2.13. The van der Waals surface area contributed by atoms with Gasteiger partial charge >= 0.3 is 0 Å². The highest BCUT2D eigenvalue weighted by Crippen LogP contribution is 2.29. The predicted molar refractivity (Wildman–Crippen MR) is 71.2 cm³/mol. The fourth-order valence-electron chi connectivity index (χ4n) is 1.83. The lowest BCUT2D eigenvalue weighted by molar-refractivity contribution is 0.617. The molecule has 2 rings (SSSR count). The van der Waals surface area contributed by atoms with Crippen LogP contribution in [-0.2, 0) is 0 Å². The molecule has 1 aromatic heterocycles. The summed E-state index contributed by atoms with van der Waals surface area (Å²) in [7, 11) is 0. The minimum absolute atomic E-state index is 0.211. The molecule has 0 bridgehead atoms. The van der Waals surface area contributed by atoms with Crippen molar-refractivity contribution >= 4 is 11.5 Å². The van der Waals surface area contributed by atoms with Gasteiger partial charge < -0.3 is 5.73 Å². The van der Waals surface area contributed by atoms with Gasteiger partial charge in [-0.25, -0.2) is 4.39 Å². The van der Waals surface area contributed by atoms with Crippen molar-refractivity contribution in [2.75, 3.05) is 0 Å². The van der Waals surface area contributed by atoms with Gasteiger partial charge in [0.25, 0.3) is 0 Å². The van der Waals surface area contributed by atoms with E-state index in [1.165, 1.54) is 17.6 Å². The summed E-state index contributed by atoms with van der Waals surface area (Å²) in [5, 5.41) is 4.12. The van der Waals surface area contributed by atoms with E-state index < -0.39 is 0 Å². The standard InChI is InChI=1S/C13H16FN3S/c1-7(2)12-13(18-17-16-12)11(15)9-4-5-10(14)8(3)6-9/h4-7,11H,15H2,1-3H3.